The van der Waals surface area contributed by atoms with E-state index < -0.39 is 5.97 Å². The lowest BCUT2D eigenvalue weighted by Gasteiger charge is -1.98. The van der Waals surface area contributed by atoms with E-state index in [4.69, 9.17) is 5.11 Å². The molecule has 0 spiro atoms. The molecule has 1 aliphatic rings. The molecule has 0 aliphatic heterocycles. The molecule has 0 amide bonds. The van der Waals surface area contributed by atoms with Crippen LogP contribution in [0.3, 0.4) is 0 Å². The molecule has 0 aromatic rings. The molecule has 1 N–H and O–H groups in total. The first-order chi connectivity index (χ1) is 5.01. The van der Waals surface area contributed by atoms with Crippen LogP contribution in [0.1, 0.15) is 13.8 Å². The summed E-state index contributed by atoms with van der Waals surface area (Å²) in [6.07, 6.45) is 2.02. The number of rotatable bonds is 3. The summed E-state index contributed by atoms with van der Waals surface area (Å²) in [6, 6.07) is 0. The Morgan fingerprint density at radius 2 is 2.18 bits per heavy atom. The van der Waals surface area contributed by atoms with Crippen LogP contribution < -0.4 is 0 Å². The van der Waals surface area contributed by atoms with E-state index >= 15 is 0 Å². The van der Waals surface area contributed by atoms with Gasteiger partial charge in [-0.25, -0.2) is 0 Å². The van der Waals surface area contributed by atoms with Gasteiger partial charge < -0.3 is 5.11 Å². The van der Waals surface area contributed by atoms with Gasteiger partial charge in [-0.3, -0.25) is 4.79 Å². The van der Waals surface area contributed by atoms with Crippen LogP contribution in [0.15, 0.2) is 0 Å². The molecule has 1 rings (SSSR count). The van der Waals surface area contributed by atoms with Gasteiger partial charge in [0.2, 0.25) is 0 Å². The van der Waals surface area contributed by atoms with Crippen LogP contribution in [0.25, 0.3) is 0 Å². The van der Waals surface area contributed by atoms with Gasteiger partial charge >= 0.3 is 5.97 Å². The predicted octanol–water partition coefficient (Wildman–Crippen LogP) is 1.71. The molecule has 11 heavy (non-hydrogen) atoms. The summed E-state index contributed by atoms with van der Waals surface area (Å²) >= 11 is 1.73. The van der Waals surface area contributed by atoms with Gasteiger partial charge in [-0.15, -0.1) is 0 Å². The second-order valence-electron chi connectivity index (χ2n) is 3.70. The Morgan fingerprint density at radius 1 is 1.64 bits per heavy atom. The quantitative estimate of drug-likeness (QED) is 0.707. The fraction of sp³-hybridized carbons (Fsp3) is 0.875. The van der Waals surface area contributed by atoms with Crippen molar-refractivity contribution in [1.29, 1.82) is 0 Å². The van der Waals surface area contributed by atoms with Crippen LogP contribution in [0.2, 0.25) is 0 Å². The number of carbonyl (C=O) groups is 1. The summed E-state index contributed by atoms with van der Waals surface area (Å²) in [7, 11) is 0. The van der Waals surface area contributed by atoms with Crippen molar-refractivity contribution in [2.75, 3.05) is 12.0 Å². The Kier molecular flexibility index (Phi) is 2.19. The first-order valence-corrected chi connectivity index (χ1v) is 5.13. The number of hydrogen-bond acceptors (Lipinski definition) is 2. The van der Waals surface area contributed by atoms with E-state index in [0.717, 1.165) is 5.75 Å². The lowest BCUT2D eigenvalue weighted by Crippen LogP contribution is -2.03. The van der Waals surface area contributed by atoms with Crippen molar-refractivity contribution in [3.63, 3.8) is 0 Å². The molecule has 0 aromatic carbocycles. The van der Waals surface area contributed by atoms with Crippen molar-refractivity contribution in [1.82, 2.24) is 0 Å². The van der Waals surface area contributed by atoms with E-state index in [1.807, 2.05) is 20.1 Å². The Balaban J connectivity index is 2.53. The van der Waals surface area contributed by atoms with Crippen molar-refractivity contribution in [3.8, 4) is 0 Å². The molecule has 0 saturated heterocycles. The van der Waals surface area contributed by atoms with Gasteiger partial charge in [0.15, 0.2) is 0 Å². The zero-order valence-electron chi connectivity index (χ0n) is 7.13. The van der Waals surface area contributed by atoms with Crippen LogP contribution in [0.5, 0.6) is 0 Å². The second-order valence-corrected chi connectivity index (χ2v) is 4.61. The van der Waals surface area contributed by atoms with Crippen LogP contribution in [0.4, 0.5) is 0 Å². The van der Waals surface area contributed by atoms with Crippen molar-refractivity contribution in [2.24, 2.45) is 17.3 Å². The number of thioether (sulfide) groups is 1. The van der Waals surface area contributed by atoms with Crippen molar-refractivity contribution in [3.05, 3.63) is 0 Å². The van der Waals surface area contributed by atoms with Gasteiger partial charge in [0, 0.05) is 0 Å². The van der Waals surface area contributed by atoms with Crippen LogP contribution in [-0.2, 0) is 4.79 Å². The normalized spacial score (nSPS) is 33.4. The SMILES string of the molecule is CSC[C@H]1[C@H](C(=O)O)C1(C)C. The van der Waals surface area contributed by atoms with Crippen LogP contribution in [-0.4, -0.2) is 23.1 Å². The largest absolute Gasteiger partial charge is 0.481 e. The van der Waals surface area contributed by atoms with E-state index in [0.29, 0.717) is 5.92 Å². The van der Waals surface area contributed by atoms with E-state index in [-0.39, 0.29) is 11.3 Å². The third kappa shape index (κ3) is 1.39. The van der Waals surface area contributed by atoms with E-state index in [9.17, 15) is 4.79 Å². The van der Waals surface area contributed by atoms with Crippen molar-refractivity contribution in [2.45, 2.75) is 13.8 Å². The van der Waals surface area contributed by atoms with Gasteiger partial charge in [-0.1, -0.05) is 13.8 Å². The monoisotopic (exact) mass is 174 g/mol. The molecular formula is C8H14O2S. The zero-order valence-corrected chi connectivity index (χ0v) is 7.94. The van der Waals surface area contributed by atoms with Crippen LogP contribution >= 0.6 is 11.8 Å². The van der Waals surface area contributed by atoms with E-state index in [2.05, 4.69) is 0 Å². The number of hydrogen-bond donors (Lipinski definition) is 1. The molecule has 0 aromatic heterocycles. The van der Waals surface area contributed by atoms with Gasteiger partial charge in [-0.2, -0.15) is 11.8 Å². The minimum absolute atomic E-state index is 0.0366. The molecule has 1 aliphatic carbocycles. The minimum Gasteiger partial charge on any atom is -0.481 e. The fourth-order valence-electron chi connectivity index (χ4n) is 1.73. The fourth-order valence-corrected chi connectivity index (χ4v) is 2.71. The van der Waals surface area contributed by atoms with E-state index in [1.54, 1.807) is 11.8 Å². The molecule has 2 atom stereocenters. The maximum atomic E-state index is 10.7. The average Bonchev–Trinajstić information content (AvgIpc) is 2.35. The molecule has 0 unspecified atom stereocenters. The highest BCUT2D eigenvalue weighted by molar-refractivity contribution is 7.98. The van der Waals surface area contributed by atoms with E-state index in [1.165, 1.54) is 0 Å². The maximum Gasteiger partial charge on any atom is 0.307 e. The first kappa shape index (κ1) is 8.91. The van der Waals surface area contributed by atoms with Gasteiger partial charge in [0.05, 0.1) is 5.92 Å². The molecule has 3 heteroatoms. The minimum atomic E-state index is -0.631. The second kappa shape index (κ2) is 2.70. The smallest absolute Gasteiger partial charge is 0.307 e. The maximum absolute atomic E-state index is 10.7. The lowest BCUT2D eigenvalue weighted by molar-refractivity contribution is -0.139. The molecule has 2 nitrogen and oxygen atoms in total. The summed E-state index contributed by atoms with van der Waals surface area (Å²) < 4.78 is 0. The lowest BCUT2D eigenvalue weighted by atomic mass is 10.1. The van der Waals surface area contributed by atoms with Crippen LogP contribution in [0, 0.1) is 17.3 Å². The molecule has 0 bridgehead atoms. The number of aliphatic carboxylic acids is 1. The molecule has 1 fully saturated rings. The highest BCUT2D eigenvalue weighted by Gasteiger charge is 2.61. The Bertz CT molecular complexity index is 177. The molecular weight excluding hydrogens is 160 g/mol. The number of carboxylic acid groups (broad SMARTS) is 1. The Labute approximate surface area is 71.4 Å². The first-order valence-electron chi connectivity index (χ1n) is 3.73. The molecule has 1 saturated carbocycles. The average molecular weight is 174 g/mol. The molecule has 0 radical (unpaired) electrons. The predicted molar refractivity (Wildman–Crippen MR) is 46.8 cm³/mol. The summed E-state index contributed by atoms with van der Waals surface area (Å²) in [5, 5.41) is 8.78. The summed E-state index contributed by atoms with van der Waals surface area (Å²) in [6.45, 7) is 4.07. The Morgan fingerprint density at radius 3 is 2.45 bits per heavy atom. The highest BCUT2D eigenvalue weighted by Crippen LogP contribution is 2.59. The summed E-state index contributed by atoms with van der Waals surface area (Å²) in [5.74, 6) is 0.628. The summed E-state index contributed by atoms with van der Waals surface area (Å²) in [4.78, 5) is 10.7. The summed E-state index contributed by atoms with van der Waals surface area (Å²) in [5.41, 5.74) is 0.0366. The standard InChI is InChI=1S/C8H14O2S/c1-8(2)5(4-11-3)6(8)7(9)10/h5-6H,4H2,1-3H3,(H,9,10)/t5-,6+/m0/s1. The third-order valence-electron chi connectivity index (χ3n) is 2.66. The zero-order chi connectivity index (χ0) is 8.65. The number of carboxylic acids is 1. The third-order valence-corrected chi connectivity index (χ3v) is 3.36. The molecule has 0 heterocycles. The molecule has 64 valence electrons. The highest BCUT2D eigenvalue weighted by atomic mass is 32.2. The van der Waals surface area contributed by atoms with Crippen molar-refractivity contribution >= 4 is 17.7 Å². The van der Waals surface area contributed by atoms with Gasteiger partial charge in [0.1, 0.15) is 0 Å². The topological polar surface area (TPSA) is 37.3 Å². The van der Waals surface area contributed by atoms with Crippen molar-refractivity contribution < 1.29 is 9.90 Å². The van der Waals surface area contributed by atoms with Gasteiger partial charge in [-0.05, 0) is 23.3 Å². The van der Waals surface area contributed by atoms with Gasteiger partial charge in [0.25, 0.3) is 0 Å². The Hall–Kier alpha value is -0.180.